The van der Waals surface area contributed by atoms with Gasteiger partial charge < -0.3 is 20.6 Å². The number of aliphatic hydroxyl groups excluding tert-OH is 1. The highest BCUT2D eigenvalue weighted by Crippen LogP contribution is 1.77. The molecule has 0 amide bonds. The molecule has 0 saturated heterocycles. The molecular formula is C7H17NO4. The Balaban J connectivity index is 0. The van der Waals surface area contributed by atoms with Gasteiger partial charge in [0.2, 0.25) is 0 Å². The van der Waals surface area contributed by atoms with E-state index in [1.807, 2.05) is 0 Å². The molecule has 0 aliphatic rings. The van der Waals surface area contributed by atoms with Crippen molar-refractivity contribution in [3.63, 3.8) is 0 Å². The molecule has 1 unspecified atom stereocenters. The number of hydrogen-bond acceptors (Lipinski definition) is 4. The minimum atomic E-state index is -0.426. The molecule has 0 aliphatic carbocycles. The highest BCUT2D eigenvalue weighted by Gasteiger charge is 2.00. The smallest absolute Gasteiger partial charge is 0.319 e. The molecule has 0 radical (unpaired) electrons. The summed E-state index contributed by atoms with van der Waals surface area (Å²) >= 11 is 0. The van der Waals surface area contributed by atoms with E-state index in [1.54, 1.807) is 13.8 Å². The van der Waals surface area contributed by atoms with E-state index < -0.39 is 6.10 Å². The average molecular weight is 179 g/mol. The third-order valence-corrected chi connectivity index (χ3v) is 1.01. The minimum Gasteiger partial charge on any atom is -0.465 e. The molecule has 0 fully saturated rings. The fourth-order valence-electron chi connectivity index (χ4n) is 0.595. The Morgan fingerprint density at radius 1 is 1.67 bits per heavy atom. The van der Waals surface area contributed by atoms with Crippen LogP contribution in [0.1, 0.15) is 13.8 Å². The normalized spacial score (nSPS) is 11.6. The van der Waals surface area contributed by atoms with Crippen molar-refractivity contribution in [2.24, 2.45) is 0 Å². The number of carbonyl (C=O) groups excluding carboxylic acids is 1. The second-order valence-electron chi connectivity index (χ2n) is 2.28. The number of esters is 1. The molecule has 4 N–H and O–H groups in total. The van der Waals surface area contributed by atoms with Crippen LogP contribution in [-0.4, -0.2) is 42.4 Å². The van der Waals surface area contributed by atoms with Crippen molar-refractivity contribution in [1.82, 2.24) is 5.32 Å². The van der Waals surface area contributed by atoms with Crippen LogP contribution >= 0.6 is 0 Å². The van der Waals surface area contributed by atoms with Crippen LogP contribution in [0.15, 0.2) is 0 Å². The zero-order chi connectivity index (χ0) is 8.69. The maximum atomic E-state index is 10.7. The number of nitrogens with one attached hydrogen (secondary N) is 1. The van der Waals surface area contributed by atoms with Gasteiger partial charge in [0.1, 0.15) is 0 Å². The van der Waals surface area contributed by atoms with E-state index in [0.717, 1.165) is 0 Å². The van der Waals surface area contributed by atoms with Crippen LogP contribution in [0.25, 0.3) is 0 Å². The summed E-state index contributed by atoms with van der Waals surface area (Å²) in [7, 11) is 0. The van der Waals surface area contributed by atoms with Crippen LogP contribution in [0.3, 0.4) is 0 Å². The first-order chi connectivity index (χ1) is 5.16. The molecule has 0 saturated carbocycles. The largest absolute Gasteiger partial charge is 0.465 e. The molecule has 5 heteroatoms. The van der Waals surface area contributed by atoms with Crippen LogP contribution in [-0.2, 0) is 9.53 Å². The van der Waals surface area contributed by atoms with Gasteiger partial charge in [0.25, 0.3) is 0 Å². The Morgan fingerprint density at radius 3 is 2.67 bits per heavy atom. The third-order valence-electron chi connectivity index (χ3n) is 1.01. The summed E-state index contributed by atoms with van der Waals surface area (Å²) in [5.41, 5.74) is 0. The Kier molecular flexibility index (Phi) is 9.79. The lowest BCUT2D eigenvalue weighted by Gasteiger charge is -2.05. The first-order valence-corrected chi connectivity index (χ1v) is 3.71. The van der Waals surface area contributed by atoms with Gasteiger partial charge in [-0.2, -0.15) is 0 Å². The number of rotatable bonds is 5. The molecule has 74 valence electrons. The lowest BCUT2D eigenvalue weighted by Crippen LogP contribution is -2.30. The topological polar surface area (TPSA) is 90.1 Å². The van der Waals surface area contributed by atoms with Gasteiger partial charge in [-0.1, -0.05) is 0 Å². The van der Waals surface area contributed by atoms with Crippen molar-refractivity contribution in [3.8, 4) is 0 Å². The van der Waals surface area contributed by atoms with Gasteiger partial charge in [-0.15, -0.1) is 0 Å². The summed E-state index contributed by atoms with van der Waals surface area (Å²) in [6.45, 7) is 4.39. The fourth-order valence-corrected chi connectivity index (χ4v) is 0.595. The van der Waals surface area contributed by atoms with Gasteiger partial charge in [-0.25, -0.2) is 0 Å². The highest BCUT2D eigenvalue weighted by molar-refractivity contribution is 5.71. The molecule has 0 bridgehead atoms. The van der Waals surface area contributed by atoms with Gasteiger partial charge in [0.05, 0.1) is 19.3 Å². The van der Waals surface area contributed by atoms with E-state index in [0.29, 0.717) is 13.2 Å². The van der Waals surface area contributed by atoms with E-state index in [-0.39, 0.29) is 18.0 Å². The SMILES string of the molecule is CCOC(=O)CNCC(C)O.O. The summed E-state index contributed by atoms with van der Waals surface area (Å²) < 4.78 is 4.64. The monoisotopic (exact) mass is 179 g/mol. The molecule has 0 rings (SSSR count). The lowest BCUT2D eigenvalue weighted by atomic mass is 10.4. The Hall–Kier alpha value is -0.650. The van der Waals surface area contributed by atoms with Gasteiger partial charge >= 0.3 is 5.97 Å². The number of hydrogen-bond donors (Lipinski definition) is 2. The molecule has 0 aromatic rings. The van der Waals surface area contributed by atoms with E-state index in [1.165, 1.54) is 0 Å². The Labute approximate surface area is 72.0 Å². The van der Waals surface area contributed by atoms with Crippen molar-refractivity contribution >= 4 is 5.97 Å². The predicted molar refractivity (Wildman–Crippen MR) is 44.8 cm³/mol. The number of carbonyl (C=O) groups is 1. The molecule has 0 aromatic heterocycles. The first-order valence-electron chi connectivity index (χ1n) is 3.71. The summed E-state index contributed by atoms with van der Waals surface area (Å²) in [4.78, 5) is 10.7. The van der Waals surface area contributed by atoms with E-state index >= 15 is 0 Å². The zero-order valence-corrected chi connectivity index (χ0v) is 7.46. The van der Waals surface area contributed by atoms with E-state index in [2.05, 4.69) is 10.1 Å². The number of aliphatic hydroxyl groups is 1. The Bertz CT molecular complexity index is 116. The molecule has 0 spiro atoms. The second kappa shape index (κ2) is 8.45. The fraction of sp³-hybridized carbons (Fsp3) is 0.857. The van der Waals surface area contributed by atoms with E-state index in [4.69, 9.17) is 5.11 Å². The van der Waals surface area contributed by atoms with Crippen LogP contribution in [0, 0.1) is 0 Å². The molecule has 0 aromatic carbocycles. The summed E-state index contributed by atoms with van der Waals surface area (Å²) in [6.07, 6.45) is -0.426. The van der Waals surface area contributed by atoms with Gasteiger partial charge in [-0.05, 0) is 13.8 Å². The molecule has 12 heavy (non-hydrogen) atoms. The van der Waals surface area contributed by atoms with E-state index in [9.17, 15) is 4.79 Å². The Morgan fingerprint density at radius 2 is 2.25 bits per heavy atom. The third kappa shape index (κ3) is 9.35. The molecular weight excluding hydrogens is 162 g/mol. The molecule has 1 atom stereocenters. The van der Waals surface area contributed by atoms with Crippen molar-refractivity contribution in [2.75, 3.05) is 19.7 Å². The zero-order valence-electron chi connectivity index (χ0n) is 7.46. The van der Waals surface area contributed by atoms with Gasteiger partial charge in [0.15, 0.2) is 0 Å². The van der Waals surface area contributed by atoms with Crippen LogP contribution < -0.4 is 5.32 Å². The van der Waals surface area contributed by atoms with Crippen molar-refractivity contribution in [2.45, 2.75) is 20.0 Å². The van der Waals surface area contributed by atoms with Crippen LogP contribution in [0.5, 0.6) is 0 Å². The maximum Gasteiger partial charge on any atom is 0.319 e. The highest BCUT2D eigenvalue weighted by atomic mass is 16.5. The van der Waals surface area contributed by atoms with Crippen molar-refractivity contribution in [1.29, 1.82) is 0 Å². The van der Waals surface area contributed by atoms with Gasteiger partial charge in [-0.3, -0.25) is 4.79 Å². The number of ether oxygens (including phenoxy) is 1. The van der Waals surface area contributed by atoms with Crippen molar-refractivity contribution < 1.29 is 20.1 Å². The average Bonchev–Trinajstić information content (AvgIpc) is 1.87. The molecule has 0 aliphatic heterocycles. The van der Waals surface area contributed by atoms with Crippen LogP contribution in [0.2, 0.25) is 0 Å². The van der Waals surface area contributed by atoms with Gasteiger partial charge in [0, 0.05) is 6.54 Å². The predicted octanol–water partition coefficient (Wildman–Crippen LogP) is -1.30. The van der Waals surface area contributed by atoms with Crippen LogP contribution in [0.4, 0.5) is 0 Å². The standard InChI is InChI=1S/C7H15NO3.H2O/c1-3-11-7(10)5-8-4-6(2)9;/h6,8-9H,3-5H2,1-2H3;1H2. The quantitative estimate of drug-likeness (QED) is 0.513. The first kappa shape index (κ1) is 13.9. The summed E-state index contributed by atoms with van der Waals surface area (Å²) in [5.74, 6) is -0.284. The maximum absolute atomic E-state index is 10.7. The summed E-state index contributed by atoms with van der Waals surface area (Å²) in [6, 6.07) is 0. The second-order valence-corrected chi connectivity index (χ2v) is 2.28. The molecule has 0 heterocycles. The summed E-state index contributed by atoms with van der Waals surface area (Å²) in [5, 5.41) is 11.5. The lowest BCUT2D eigenvalue weighted by molar-refractivity contribution is -0.142. The van der Waals surface area contributed by atoms with Crippen molar-refractivity contribution in [3.05, 3.63) is 0 Å². The molecule has 5 nitrogen and oxygen atoms in total. The minimum absolute atomic E-state index is 0.